The van der Waals surface area contributed by atoms with Crippen LogP contribution in [0.3, 0.4) is 0 Å². The van der Waals surface area contributed by atoms with Crippen molar-refractivity contribution in [3.8, 4) is 5.75 Å². The van der Waals surface area contributed by atoms with Gasteiger partial charge in [0.2, 0.25) is 0 Å². The molecular formula is C26H37ClN3O6P. The topological polar surface area (TPSA) is 118 Å². The number of aliphatic hydroxyl groups excluding tert-OH is 1. The first-order chi connectivity index (χ1) is 17.0. The molecule has 0 saturated heterocycles. The van der Waals surface area contributed by atoms with Gasteiger partial charge in [0.15, 0.2) is 11.6 Å². The lowest BCUT2D eigenvalue weighted by molar-refractivity contribution is -0.134. The summed E-state index contributed by atoms with van der Waals surface area (Å²) in [6.45, 7) is 15.9. The van der Waals surface area contributed by atoms with Gasteiger partial charge in [-0.25, -0.2) is 0 Å². The average molecular weight is 554 g/mol. The molecule has 37 heavy (non-hydrogen) atoms. The van der Waals surface area contributed by atoms with E-state index in [2.05, 4.69) is 30.9 Å². The number of fused-ring (bicyclic) bond motifs is 1. The maximum atomic E-state index is 14.0. The Morgan fingerprint density at radius 3 is 2.41 bits per heavy atom. The first kappa shape index (κ1) is 29.2. The maximum Gasteiger partial charge on any atom is 0.348 e. The number of carbonyl (C=O) groups is 2. The van der Waals surface area contributed by atoms with Crippen LogP contribution in [0.25, 0.3) is 0 Å². The molecule has 2 aliphatic rings. The molecule has 0 aromatic heterocycles. The minimum absolute atomic E-state index is 0.0316. The Balaban J connectivity index is 2.17. The van der Waals surface area contributed by atoms with E-state index in [0.717, 1.165) is 0 Å². The Labute approximate surface area is 223 Å². The molecule has 0 radical (unpaired) electrons. The number of amides is 1. The van der Waals surface area contributed by atoms with Gasteiger partial charge in [-0.2, -0.15) is 4.76 Å². The molecule has 2 atom stereocenters. The maximum absolute atomic E-state index is 14.0. The molecule has 2 aliphatic heterocycles. The molecule has 204 valence electrons. The molecule has 0 fully saturated rings. The summed E-state index contributed by atoms with van der Waals surface area (Å²) in [5.41, 5.74) is -0.461. The van der Waals surface area contributed by atoms with Gasteiger partial charge >= 0.3 is 13.5 Å². The van der Waals surface area contributed by atoms with Crippen molar-refractivity contribution in [3.05, 3.63) is 28.5 Å². The number of aliphatic hydroxyl groups is 1. The largest absolute Gasteiger partial charge is 0.509 e. The molecule has 0 bridgehead atoms. The minimum Gasteiger partial charge on any atom is -0.509 e. The molecular weight excluding hydrogens is 517 g/mol. The molecule has 2 N–H and O–H groups in total. The number of hydrogen-bond acceptors (Lipinski definition) is 7. The molecule has 2 heterocycles. The fourth-order valence-electron chi connectivity index (χ4n) is 4.35. The van der Waals surface area contributed by atoms with Crippen molar-refractivity contribution in [2.45, 2.75) is 74.3 Å². The monoisotopic (exact) mass is 553 g/mol. The van der Waals surface area contributed by atoms with Crippen molar-refractivity contribution in [1.29, 1.82) is 0 Å². The first-order valence-electron chi connectivity index (χ1n) is 12.4. The number of benzene rings is 1. The van der Waals surface area contributed by atoms with Gasteiger partial charge in [0.05, 0.1) is 23.6 Å². The Kier molecular flexibility index (Phi) is 8.23. The highest BCUT2D eigenvalue weighted by molar-refractivity contribution is 7.66. The molecule has 1 aromatic carbocycles. The zero-order chi connectivity index (χ0) is 27.9. The summed E-state index contributed by atoms with van der Waals surface area (Å²) < 4.78 is 29.4. The third-order valence-electron chi connectivity index (χ3n) is 6.10. The Morgan fingerprint density at radius 1 is 1.22 bits per heavy atom. The van der Waals surface area contributed by atoms with Gasteiger partial charge in [-0.3, -0.25) is 14.2 Å². The number of carbonyl (C=O) groups excluding carboxylic acids is 2. The molecule has 0 spiro atoms. The van der Waals surface area contributed by atoms with Crippen molar-refractivity contribution >= 4 is 47.8 Å². The van der Waals surface area contributed by atoms with Crippen LogP contribution in [0.15, 0.2) is 28.2 Å². The molecule has 1 amide bonds. The predicted octanol–water partition coefficient (Wildman–Crippen LogP) is 5.84. The fourth-order valence-corrected chi connectivity index (χ4v) is 6.45. The van der Waals surface area contributed by atoms with Gasteiger partial charge in [0.1, 0.15) is 11.3 Å². The van der Waals surface area contributed by atoms with E-state index < -0.39 is 30.9 Å². The quantitative estimate of drug-likeness (QED) is 0.247. The second-order valence-corrected chi connectivity index (χ2v) is 13.9. The Morgan fingerprint density at radius 2 is 1.86 bits per heavy atom. The zero-order valence-corrected chi connectivity index (χ0v) is 24.4. The van der Waals surface area contributed by atoms with Crippen LogP contribution in [0, 0.1) is 10.8 Å². The standard InChI is InChI=1S/C26H37ClN3O6P/c1-9-18(31)36-16-13-15(27)14-17-20(16)28-23(29-37(17,34)35-10-2)19-21(32)22(26(6,7)8)30(24(19)33)12-11-25(3,4)5/h13-14,22,32H,9-12H2,1-8H3,(H,28,29,34). The average Bonchev–Trinajstić information content (AvgIpc) is 3.02. The van der Waals surface area contributed by atoms with Crippen LogP contribution in [-0.4, -0.2) is 46.9 Å². The molecule has 3 rings (SSSR count). The fraction of sp³-hybridized carbons (Fsp3) is 0.577. The van der Waals surface area contributed by atoms with Crippen molar-refractivity contribution in [1.82, 2.24) is 4.90 Å². The minimum atomic E-state index is -3.96. The normalized spacial score (nSPS) is 22.1. The summed E-state index contributed by atoms with van der Waals surface area (Å²) in [7, 11) is -3.96. The van der Waals surface area contributed by atoms with E-state index in [1.165, 1.54) is 12.1 Å². The zero-order valence-electron chi connectivity index (χ0n) is 22.8. The van der Waals surface area contributed by atoms with Crippen LogP contribution in [0.4, 0.5) is 5.69 Å². The number of rotatable bonds is 7. The summed E-state index contributed by atoms with van der Waals surface area (Å²) in [4.78, 5) is 27.5. The molecule has 1 aromatic rings. The van der Waals surface area contributed by atoms with Crippen LogP contribution in [0.1, 0.15) is 68.2 Å². The van der Waals surface area contributed by atoms with Gasteiger partial charge in [-0.1, -0.05) is 60.1 Å². The van der Waals surface area contributed by atoms with E-state index >= 15 is 0 Å². The van der Waals surface area contributed by atoms with Gasteiger partial charge in [0, 0.05) is 24.1 Å². The summed E-state index contributed by atoms with van der Waals surface area (Å²) in [6, 6.07) is 2.23. The third-order valence-corrected chi connectivity index (χ3v) is 8.35. The summed E-state index contributed by atoms with van der Waals surface area (Å²) in [5, 5.41) is 14.7. The second-order valence-electron chi connectivity index (χ2n) is 11.5. The number of amidine groups is 1. The van der Waals surface area contributed by atoms with Gasteiger partial charge in [-0.05, 0) is 30.2 Å². The lowest BCUT2D eigenvalue weighted by Crippen LogP contribution is -2.45. The molecule has 9 nitrogen and oxygen atoms in total. The summed E-state index contributed by atoms with van der Waals surface area (Å²) >= 11 is 6.25. The highest BCUT2D eigenvalue weighted by Crippen LogP contribution is 2.54. The predicted molar refractivity (Wildman–Crippen MR) is 146 cm³/mol. The van der Waals surface area contributed by atoms with Crippen molar-refractivity contribution in [2.75, 3.05) is 18.5 Å². The number of nitrogens with one attached hydrogen (secondary N) is 1. The molecule has 11 heteroatoms. The van der Waals surface area contributed by atoms with Crippen molar-refractivity contribution in [2.24, 2.45) is 15.6 Å². The Hall–Kier alpha value is -2.35. The number of halogens is 1. The van der Waals surface area contributed by atoms with Gasteiger partial charge in [0.25, 0.3) is 5.91 Å². The van der Waals surface area contributed by atoms with Crippen LogP contribution in [0.5, 0.6) is 5.75 Å². The van der Waals surface area contributed by atoms with Crippen LogP contribution in [-0.2, 0) is 18.7 Å². The molecule has 2 unspecified atom stereocenters. The molecule has 0 aliphatic carbocycles. The van der Waals surface area contributed by atoms with E-state index in [9.17, 15) is 19.3 Å². The van der Waals surface area contributed by atoms with E-state index in [0.29, 0.717) is 13.0 Å². The van der Waals surface area contributed by atoms with Crippen molar-refractivity contribution in [3.63, 3.8) is 0 Å². The lowest BCUT2D eigenvalue weighted by Gasteiger charge is -2.36. The van der Waals surface area contributed by atoms with Crippen LogP contribution in [0.2, 0.25) is 5.02 Å². The number of nitrogens with zero attached hydrogens (tertiary/aromatic N) is 2. The lowest BCUT2D eigenvalue weighted by atomic mass is 9.84. The van der Waals surface area contributed by atoms with Gasteiger partial charge in [-0.15, -0.1) is 0 Å². The smallest absolute Gasteiger partial charge is 0.348 e. The van der Waals surface area contributed by atoms with E-state index in [-0.39, 0.29) is 57.4 Å². The van der Waals surface area contributed by atoms with Crippen LogP contribution < -0.4 is 15.4 Å². The third kappa shape index (κ3) is 6.05. The second kappa shape index (κ2) is 10.4. The SMILES string of the molecule is CCOP1(=O)N=C(C2=C(O)C(C(C)(C)C)N(CCC(C)(C)C)C2=O)Nc2c(OC(=O)CC)cc(Cl)cc21. The van der Waals surface area contributed by atoms with Crippen molar-refractivity contribution < 1.29 is 28.5 Å². The summed E-state index contributed by atoms with van der Waals surface area (Å²) in [6.07, 6.45) is 0.813. The van der Waals surface area contributed by atoms with E-state index in [1.54, 1.807) is 18.7 Å². The number of ether oxygens (including phenoxy) is 1. The number of esters is 1. The van der Waals surface area contributed by atoms with Crippen LogP contribution >= 0.6 is 19.1 Å². The first-order valence-corrected chi connectivity index (χ1v) is 14.4. The highest BCUT2D eigenvalue weighted by Gasteiger charge is 2.49. The molecule has 0 saturated carbocycles. The number of anilines is 1. The highest BCUT2D eigenvalue weighted by atomic mass is 35.5. The summed E-state index contributed by atoms with van der Waals surface area (Å²) in [5.74, 6) is -1.19. The van der Waals surface area contributed by atoms with E-state index in [1.807, 2.05) is 20.8 Å². The van der Waals surface area contributed by atoms with Gasteiger partial charge < -0.3 is 24.6 Å². The Bertz CT molecular complexity index is 1210. The van der Waals surface area contributed by atoms with E-state index in [4.69, 9.17) is 20.9 Å². The number of hydrogen-bond donors (Lipinski definition) is 2.